The molecule has 2 aromatic heterocycles. The quantitative estimate of drug-likeness (QED) is 0.263. The van der Waals surface area contributed by atoms with E-state index in [0.717, 1.165) is 40.7 Å². The summed E-state index contributed by atoms with van der Waals surface area (Å²) >= 11 is 0. The van der Waals surface area contributed by atoms with Crippen molar-refractivity contribution in [2.24, 2.45) is 0 Å². The SMILES string of the molecule is O=C(NCCc1c[nH]c2ccccc12)C(=O)NC[C@H](c1ccco1)S(=O)(=O)c1ccc(F)cc1. The van der Waals surface area contributed by atoms with Gasteiger partial charge in [-0.15, -0.1) is 0 Å². The number of amides is 2. The van der Waals surface area contributed by atoms with E-state index in [1.807, 2.05) is 30.5 Å². The second-order valence-corrected chi connectivity index (χ2v) is 9.71. The van der Waals surface area contributed by atoms with E-state index in [1.165, 1.54) is 18.4 Å². The number of halogens is 1. The summed E-state index contributed by atoms with van der Waals surface area (Å²) < 4.78 is 44.7. The van der Waals surface area contributed by atoms with Gasteiger partial charge in [0.2, 0.25) is 0 Å². The smallest absolute Gasteiger partial charge is 0.309 e. The van der Waals surface area contributed by atoms with Gasteiger partial charge in [-0.1, -0.05) is 18.2 Å². The number of nitrogens with one attached hydrogen (secondary N) is 3. The maximum Gasteiger partial charge on any atom is 0.309 e. The maximum atomic E-state index is 13.2. The first-order chi connectivity index (χ1) is 16.4. The van der Waals surface area contributed by atoms with E-state index in [0.29, 0.717) is 6.42 Å². The third-order valence-corrected chi connectivity index (χ3v) is 7.46. The number of aromatic amines is 1. The van der Waals surface area contributed by atoms with Crippen LogP contribution in [0.3, 0.4) is 0 Å². The Morgan fingerprint density at radius 1 is 0.971 bits per heavy atom. The minimum atomic E-state index is -4.04. The molecule has 4 rings (SSSR count). The third kappa shape index (κ3) is 5.01. The molecule has 0 aliphatic heterocycles. The molecule has 2 aromatic carbocycles. The number of rotatable bonds is 8. The summed E-state index contributed by atoms with van der Waals surface area (Å²) in [6.45, 7) is -0.175. The van der Waals surface area contributed by atoms with Crippen LogP contribution in [0.2, 0.25) is 0 Å². The summed E-state index contributed by atoms with van der Waals surface area (Å²) in [7, 11) is -4.04. The highest BCUT2D eigenvalue weighted by Gasteiger charge is 2.32. The molecule has 0 saturated carbocycles. The van der Waals surface area contributed by atoms with Gasteiger partial charge in [0, 0.05) is 30.2 Å². The van der Waals surface area contributed by atoms with Gasteiger partial charge in [-0.3, -0.25) is 9.59 Å². The molecule has 0 aliphatic rings. The van der Waals surface area contributed by atoms with Crippen molar-refractivity contribution in [1.29, 1.82) is 0 Å². The van der Waals surface area contributed by atoms with E-state index < -0.39 is 39.3 Å². The largest absolute Gasteiger partial charge is 0.468 e. The molecule has 0 spiro atoms. The van der Waals surface area contributed by atoms with Crippen LogP contribution in [0.15, 0.2) is 82.4 Å². The lowest BCUT2D eigenvalue weighted by molar-refractivity contribution is -0.139. The lowest BCUT2D eigenvalue weighted by atomic mass is 10.1. The molecule has 8 nitrogen and oxygen atoms in total. The second-order valence-electron chi connectivity index (χ2n) is 7.58. The third-order valence-electron chi connectivity index (χ3n) is 5.39. The molecule has 0 bridgehead atoms. The van der Waals surface area contributed by atoms with Crippen molar-refractivity contribution in [2.75, 3.05) is 13.1 Å². The molecule has 2 amide bonds. The number of carbonyl (C=O) groups excluding carboxylic acids is 2. The lowest BCUT2D eigenvalue weighted by Gasteiger charge is -2.16. The molecule has 0 fully saturated rings. The minimum absolute atomic E-state index is 0.0874. The summed E-state index contributed by atoms with van der Waals surface area (Å²) in [5, 5.41) is 4.64. The molecule has 3 N–H and O–H groups in total. The van der Waals surface area contributed by atoms with Crippen LogP contribution in [-0.4, -0.2) is 38.3 Å². The van der Waals surface area contributed by atoms with Gasteiger partial charge in [-0.25, -0.2) is 12.8 Å². The average Bonchev–Trinajstić information content (AvgIpc) is 3.50. The molecule has 0 saturated heterocycles. The molecule has 0 unspecified atom stereocenters. The van der Waals surface area contributed by atoms with Crippen molar-refractivity contribution in [3.8, 4) is 0 Å². The normalized spacial score (nSPS) is 12.4. The zero-order chi connectivity index (χ0) is 24.1. The number of hydrogen-bond donors (Lipinski definition) is 3. The Hall–Kier alpha value is -3.92. The van der Waals surface area contributed by atoms with E-state index in [9.17, 15) is 22.4 Å². The maximum absolute atomic E-state index is 13.2. The first kappa shape index (κ1) is 23.2. The molecule has 0 aliphatic carbocycles. The summed E-state index contributed by atoms with van der Waals surface area (Å²) in [4.78, 5) is 27.6. The molecule has 10 heteroatoms. The Kier molecular flexibility index (Phi) is 6.78. The second kappa shape index (κ2) is 9.92. The Bertz CT molecular complexity index is 1400. The van der Waals surface area contributed by atoms with E-state index in [2.05, 4.69) is 15.6 Å². The van der Waals surface area contributed by atoms with Gasteiger partial charge in [-0.2, -0.15) is 0 Å². The first-order valence-corrected chi connectivity index (χ1v) is 12.0. The van der Waals surface area contributed by atoms with Crippen LogP contribution in [0.1, 0.15) is 16.6 Å². The van der Waals surface area contributed by atoms with Crippen LogP contribution in [0.5, 0.6) is 0 Å². The fourth-order valence-corrected chi connectivity index (χ4v) is 5.21. The summed E-state index contributed by atoms with van der Waals surface area (Å²) in [6.07, 6.45) is 3.67. The van der Waals surface area contributed by atoms with Crippen molar-refractivity contribution in [3.05, 3.63) is 90.3 Å². The monoisotopic (exact) mass is 483 g/mol. The Morgan fingerprint density at radius 2 is 1.71 bits per heavy atom. The number of carbonyl (C=O) groups is 2. The highest BCUT2D eigenvalue weighted by molar-refractivity contribution is 7.91. The van der Waals surface area contributed by atoms with Crippen molar-refractivity contribution in [3.63, 3.8) is 0 Å². The Balaban J connectivity index is 1.37. The number of hydrogen-bond acceptors (Lipinski definition) is 5. The van der Waals surface area contributed by atoms with E-state index in [1.54, 1.807) is 0 Å². The number of H-pyrrole nitrogens is 1. The lowest BCUT2D eigenvalue weighted by Crippen LogP contribution is -2.42. The molecule has 176 valence electrons. The zero-order valence-corrected chi connectivity index (χ0v) is 18.8. The summed E-state index contributed by atoms with van der Waals surface area (Å²) in [6, 6.07) is 15.1. The number of benzene rings is 2. The van der Waals surface area contributed by atoms with Crippen LogP contribution in [0.4, 0.5) is 4.39 Å². The number of furan rings is 1. The van der Waals surface area contributed by atoms with E-state index in [4.69, 9.17) is 4.42 Å². The Labute approximate surface area is 195 Å². The van der Waals surface area contributed by atoms with Crippen LogP contribution < -0.4 is 10.6 Å². The fourth-order valence-electron chi connectivity index (χ4n) is 3.62. The standard InChI is InChI=1S/C24H22FN3O5S/c25-17-7-9-18(10-8-17)34(31,32)22(21-6-3-13-33-21)15-28-24(30)23(29)26-12-11-16-14-27-20-5-2-1-4-19(16)20/h1-10,13-14,22,27H,11-12,15H2,(H,26,29)(H,28,30)/t22-/m1/s1. The molecular weight excluding hydrogens is 461 g/mol. The molecule has 0 radical (unpaired) electrons. The van der Waals surface area contributed by atoms with Crippen molar-refractivity contribution >= 4 is 32.6 Å². The van der Waals surface area contributed by atoms with Crippen LogP contribution in [0, 0.1) is 5.82 Å². The Morgan fingerprint density at radius 3 is 2.44 bits per heavy atom. The molecule has 34 heavy (non-hydrogen) atoms. The molecule has 4 aromatic rings. The molecular formula is C24H22FN3O5S. The van der Waals surface area contributed by atoms with Crippen LogP contribution >= 0.6 is 0 Å². The predicted octanol–water partition coefficient (Wildman–Crippen LogP) is 2.89. The summed E-state index contributed by atoms with van der Waals surface area (Å²) in [5.74, 6) is -2.34. The number of fused-ring (bicyclic) bond motifs is 1. The topological polar surface area (TPSA) is 121 Å². The van der Waals surface area contributed by atoms with Gasteiger partial charge in [0.25, 0.3) is 0 Å². The van der Waals surface area contributed by atoms with Gasteiger partial charge >= 0.3 is 11.8 Å². The van der Waals surface area contributed by atoms with E-state index in [-0.39, 0.29) is 17.2 Å². The van der Waals surface area contributed by atoms with Crippen molar-refractivity contribution in [1.82, 2.24) is 15.6 Å². The highest BCUT2D eigenvalue weighted by Crippen LogP contribution is 2.29. The van der Waals surface area contributed by atoms with Gasteiger partial charge in [0.1, 0.15) is 16.8 Å². The van der Waals surface area contributed by atoms with Crippen molar-refractivity contribution < 1.29 is 26.8 Å². The molecule has 1 atom stereocenters. The molecule has 2 heterocycles. The van der Waals surface area contributed by atoms with E-state index >= 15 is 0 Å². The number of para-hydroxylation sites is 1. The minimum Gasteiger partial charge on any atom is -0.468 e. The van der Waals surface area contributed by atoms with Gasteiger partial charge in [0.05, 0.1) is 11.2 Å². The zero-order valence-electron chi connectivity index (χ0n) is 18.0. The van der Waals surface area contributed by atoms with Gasteiger partial charge < -0.3 is 20.0 Å². The van der Waals surface area contributed by atoms with Crippen molar-refractivity contribution in [2.45, 2.75) is 16.6 Å². The van der Waals surface area contributed by atoms with Crippen LogP contribution in [-0.2, 0) is 25.8 Å². The van der Waals surface area contributed by atoms with Gasteiger partial charge in [-0.05, 0) is 54.4 Å². The highest BCUT2D eigenvalue weighted by atomic mass is 32.2. The first-order valence-electron chi connectivity index (χ1n) is 10.5. The summed E-state index contributed by atoms with van der Waals surface area (Å²) in [5.41, 5.74) is 1.98. The average molecular weight is 484 g/mol. The predicted molar refractivity (Wildman–Crippen MR) is 123 cm³/mol. The van der Waals surface area contributed by atoms with Gasteiger partial charge in [0.15, 0.2) is 9.84 Å². The fraction of sp³-hybridized carbons (Fsp3) is 0.167. The number of aromatic nitrogens is 1. The number of sulfone groups is 1. The van der Waals surface area contributed by atoms with Crippen LogP contribution in [0.25, 0.3) is 10.9 Å².